The minimum atomic E-state index is -0.915. The first kappa shape index (κ1) is 23.8. The summed E-state index contributed by atoms with van der Waals surface area (Å²) in [5, 5.41) is 21.3. The van der Waals surface area contributed by atoms with Gasteiger partial charge in [-0.05, 0) is 75.9 Å². The normalized spacial score (nSPS) is 13.6. The lowest BCUT2D eigenvalue weighted by Crippen LogP contribution is -2.29. The standard InChI is InChI=1S/C28H31N5O3/c1-17-6-5-7-21(12-17)36-25-14-23(30-16-28(3,4)35)26-29-15-24(33(26)32-25)19-8-11-22(18(2)13-19)27(34)31-20-9-10-20/h5-8,11-15,20,30,35H,9-10,16H2,1-4H3,(H,31,34). The van der Waals surface area contributed by atoms with Gasteiger partial charge in [0.15, 0.2) is 5.65 Å². The van der Waals surface area contributed by atoms with Crippen LogP contribution >= 0.6 is 0 Å². The van der Waals surface area contributed by atoms with Crippen LogP contribution < -0.4 is 15.4 Å². The van der Waals surface area contributed by atoms with Crippen molar-refractivity contribution in [1.82, 2.24) is 19.9 Å². The molecule has 1 saturated carbocycles. The molecule has 4 aromatic rings. The summed E-state index contributed by atoms with van der Waals surface area (Å²) >= 11 is 0. The summed E-state index contributed by atoms with van der Waals surface area (Å²) in [4.78, 5) is 17.2. The second kappa shape index (κ2) is 9.28. The molecule has 0 spiro atoms. The first-order valence-corrected chi connectivity index (χ1v) is 12.2. The van der Waals surface area contributed by atoms with Crippen LogP contribution in [0.3, 0.4) is 0 Å². The summed E-state index contributed by atoms with van der Waals surface area (Å²) in [6, 6.07) is 15.6. The average Bonchev–Trinajstić information content (AvgIpc) is 3.52. The van der Waals surface area contributed by atoms with Crippen molar-refractivity contribution in [2.45, 2.75) is 52.2 Å². The van der Waals surface area contributed by atoms with E-state index in [9.17, 15) is 9.90 Å². The highest BCUT2D eigenvalue weighted by atomic mass is 16.5. The number of carbonyl (C=O) groups is 1. The van der Waals surface area contributed by atoms with Gasteiger partial charge < -0.3 is 20.5 Å². The number of benzene rings is 2. The molecule has 186 valence electrons. The van der Waals surface area contributed by atoms with Gasteiger partial charge in [0.1, 0.15) is 5.75 Å². The number of carbonyl (C=O) groups excluding carboxylic acids is 1. The molecule has 36 heavy (non-hydrogen) atoms. The summed E-state index contributed by atoms with van der Waals surface area (Å²) in [7, 11) is 0. The summed E-state index contributed by atoms with van der Waals surface area (Å²) in [5.74, 6) is 1.03. The zero-order valence-electron chi connectivity index (χ0n) is 21.0. The zero-order chi connectivity index (χ0) is 25.4. The molecule has 0 bridgehead atoms. The van der Waals surface area contributed by atoms with Crippen molar-refractivity contribution in [3.05, 3.63) is 71.4 Å². The largest absolute Gasteiger partial charge is 0.437 e. The fourth-order valence-corrected chi connectivity index (χ4v) is 4.00. The van der Waals surface area contributed by atoms with Gasteiger partial charge in [0.25, 0.3) is 5.91 Å². The Morgan fingerprint density at radius 1 is 1.17 bits per heavy atom. The number of nitrogens with one attached hydrogen (secondary N) is 2. The lowest BCUT2D eigenvalue weighted by atomic mass is 10.0. The van der Waals surface area contributed by atoms with Crippen LogP contribution in [0.15, 0.2) is 54.7 Å². The number of amides is 1. The molecule has 0 radical (unpaired) electrons. The Labute approximate surface area is 210 Å². The van der Waals surface area contributed by atoms with Crippen LogP contribution in [-0.4, -0.2) is 43.8 Å². The minimum Gasteiger partial charge on any atom is -0.437 e. The van der Waals surface area contributed by atoms with Crippen LogP contribution in [0.5, 0.6) is 11.6 Å². The summed E-state index contributed by atoms with van der Waals surface area (Å²) in [6.07, 6.45) is 3.85. The molecule has 8 nitrogen and oxygen atoms in total. The maximum atomic E-state index is 12.6. The number of aliphatic hydroxyl groups is 1. The van der Waals surface area contributed by atoms with Crippen LogP contribution in [0.4, 0.5) is 5.69 Å². The van der Waals surface area contributed by atoms with E-state index in [2.05, 4.69) is 15.6 Å². The number of rotatable bonds is 8. The number of fused-ring (bicyclic) bond motifs is 1. The summed E-state index contributed by atoms with van der Waals surface area (Å²) in [6.45, 7) is 7.74. The van der Waals surface area contributed by atoms with Crippen LogP contribution in [-0.2, 0) is 0 Å². The van der Waals surface area contributed by atoms with Crippen molar-refractivity contribution in [1.29, 1.82) is 0 Å². The Hall–Kier alpha value is -3.91. The van der Waals surface area contributed by atoms with Gasteiger partial charge in [0.05, 0.1) is 23.2 Å². The molecule has 5 rings (SSSR count). The Kier molecular flexibility index (Phi) is 6.14. The van der Waals surface area contributed by atoms with E-state index in [4.69, 9.17) is 9.84 Å². The molecule has 2 heterocycles. The highest BCUT2D eigenvalue weighted by Crippen LogP contribution is 2.30. The van der Waals surface area contributed by atoms with Crippen molar-refractivity contribution in [3.8, 4) is 22.9 Å². The molecular weight excluding hydrogens is 454 g/mol. The molecular formula is C28H31N5O3. The van der Waals surface area contributed by atoms with E-state index < -0.39 is 5.60 Å². The van der Waals surface area contributed by atoms with Gasteiger partial charge in [0, 0.05) is 29.8 Å². The van der Waals surface area contributed by atoms with Crippen molar-refractivity contribution < 1.29 is 14.6 Å². The first-order valence-electron chi connectivity index (χ1n) is 12.2. The van der Waals surface area contributed by atoms with E-state index in [-0.39, 0.29) is 5.91 Å². The highest BCUT2D eigenvalue weighted by molar-refractivity contribution is 5.96. The third-order valence-corrected chi connectivity index (χ3v) is 6.05. The molecule has 8 heteroatoms. The Morgan fingerprint density at radius 2 is 1.97 bits per heavy atom. The van der Waals surface area contributed by atoms with Gasteiger partial charge in [-0.25, -0.2) is 9.50 Å². The van der Waals surface area contributed by atoms with E-state index in [1.165, 1.54) is 0 Å². The monoisotopic (exact) mass is 485 g/mol. The smallest absolute Gasteiger partial charge is 0.251 e. The second-order valence-corrected chi connectivity index (χ2v) is 10.1. The van der Waals surface area contributed by atoms with Gasteiger partial charge >= 0.3 is 0 Å². The van der Waals surface area contributed by atoms with Gasteiger partial charge in [0.2, 0.25) is 5.88 Å². The average molecular weight is 486 g/mol. The van der Waals surface area contributed by atoms with Gasteiger partial charge in [-0.2, -0.15) is 0 Å². The Bertz CT molecular complexity index is 1430. The number of hydrogen-bond donors (Lipinski definition) is 3. The lowest BCUT2D eigenvalue weighted by molar-refractivity contribution is 0.0940. The molecule has 0 atom stereocenters. The van der Waals surface area contributed by atoms with Gasteiger partial charge in [-0.1, -0.05) is 18.2 Å². The number of aryl methyl sites for hydroxylation is 2. The van der Waals surface area contributed by atoms with Crippen molar-refractivity contribution in [3.63, 3.8) is 0 Å². The number of anilines is 1. The topological polar surface area (TPSA) is 101 Å². The maximum absolute atomic E-state index is 12.6. The van der Waals surface area contributed by atoms with Crippen LogP contribution in [0.25, 0.3) is 16.9 Å². The highest BCUT2D eigenvalue weighted by Gasteiger charge is 2.25. The van der Waals surface area contributed by atoms with Gasteiger partial charge in [-0.15, -0.1) is 5.10 Å². The molecule has 2 aromatic heterocycles. The van der Waals surface area contributed by atoms with E-state index in [1.807, 2.05) is 56.3 Å². The fraction of sp³-hybridized carbons (Fsp3) is 0.321. The number of hydrogen-bond acceptors (Lipinski definition) is 6. The van der Waals surface area contributed by atoms with Crippen LogP contribution in [0.2, 0.25) is 0 Å². The number of imidazole rings is 1. The molecule has 0 saturated heterocycles. The molecule has 0 aliphatic heterocycles. The quantitative estimate of drug-likeness (QED) is 0.329. The molecule has 1 fully saturated rings. The third-order valence-electron chi connectivity index (χ3n) is 6.05. The summed E-state index contributed by atoms with van der Waals surface area (Å²) in [5.41, 5.74) is 4.67. The maximum Gasteiger partial charge on any atom is 0.251 e. The van der Waals surface area contributed by atoms with Crippen molar-refractivity contribution in [2.24, 2.45) is 0 Å². The number of nitrogens with zero attached hydrogens (tertiary/aromatic N) is 3. The molecule has 3 N–H and O–H groups in total. The summed E-state index contributed by atoms with van der Waals surface area (Å²) < 4.78 is 7.83. The SMILES string of the molecule is Cc1cccc(Oc2cc(NCC(C)(C)O)c3ncc(-c4ccc(C(=O)NC5CC5)c(C)c4)n3n2)c1. The number of ether oxygens (including phenoxy) is 1. The van der Waals surface area contributed by atoms with Crippen molar-refractivity contribution in [2.75, 3.05) is 11.9 Å². The Balaban J connectivity index is 1.54. The second-order valence-electron chi connectivity index (χ2n) is 10.1. The van der Waals surface area contributed by atoms with E-state index in [1.54, 1.807) is 30.6 Å². The molecule has 1 amide bonds. The van der Waals surface area contributed by atoms with E-state index in [0.29, 0.717) is 41.1 Å². The number of aromatic nitrogens is 3. The molecule has 1 aliphatic rings. The molecule has 2 aromatic carbocycles. The first-order chi connectivity index (χ1) is 17.2. The minimum absolute atomic E-state index is 0.0373. The molecule has 0 unspecified atom stereocenters. The predicted octanol–water partition coefficient (Wildman–Crippen LogP) is 4.88. The predicted molar refractivity (Wildman–Crippen MR) is 140 cm³/mol. The van der Waals surface area contributed by atoms with E-state index >= 15 is 0 Å². The van der Waals surface area contributed by atoms with Crippen LogP contribution in [0, 0.1) is 13.8 Å². The third kappa shape index (κ3) is 5.33. The van der Waals surface area contributed by atoms with E-state index in [0.717, 1.165) is 35.2 Å². The lowest BCUT2D eigenvalue weighted by Gasteiger charge is -2.19. The Morgan fingerprint density at radius 3 is 2.67 bits per heavy atom. The zero-order valence-corrected chi connectivity index (χ0v) is 21.0. The molecule has 1 aliphatic carbocycles. The van der Waals surface area contributed by atoms with Gasteiger partial charge in [-0.3, -0.25) is 4.79 Å². The fourth-order valence-electron chi connectivity index (χ4n) is 4.00. The van der Waals surface area contributed by atoms with Crippen LogP contribution in [0.1, 0.15) is 48.2 Å². The van der Waals surface area contributed by atoms with Crippen molar-refractivity contribution >= 4 is 17.2 Å².